The number of hydrogen-bond acceptors (Lipinski definition) is 4. The molecule has 6 nitrogen and oxygen atoms in total. The Balaban J connectivity index is 1.71. The summed E-state index contributed by atoms with van der Waals surface area (Å²) >= 11 is 6.01. The number of benzene rings is 1. The molecule has 1 aromatic carbocycles. The SMILES string of the molecule is COc1ccc(NC(=O)[C@H](C)N2C(=O)[C@H]3CC(Cl)=CC[C@H]3C2=O)cc1. The van der Waals surface area contributed by atoms with Crippen molar-refractivity contribution in [2.45, 2.75) is 25.8 Å². The second-order valence-electron chi connectivity index (χ2n) is 6.24. The summed E-state index contributed by atoms with van der Waals surface area (Å²) in [6.07, 6.45) is 2.58. The van der Waals surface area contributed by atoms with E-state index in [1.807, 2.05) is 0 Å². The van der Waals surface area contributed by atoms with Crippen LogP contribution in [0.2, 0.25) is 0 Å². The van der Waals surface area contributed by atoms with Crippen LogP contribution in [0.1, 0.15) is 19.8 Å². The predicted octanol–water partition coefficient (Wildman–Crippen LogP) is 2.54. The van der Waals surface area contributed by atoms with Crippen LogP contribution in [0, 0.1) is 11.8 Å². The Morgan fingerprint density at radius 3 is 2.52 bits per heavy atom. The number of carbonyl (C=O) groups excluding carboxylic acids is 3. The van der Waals surface area contributed by atoms with Gasteiger partial charge in [0.1, 0.15) is 11.8 Å². The molecule has 1 aliphatic carbocycles. The minimum Gasteiger partial charge on any atom is -0.497 e. The summed E-state index contributed by atoms with van der Waals surface area (Å²) in [7, 11) is 1.56. The van der Waals surface area contributed by atoms with E-state index in [2.05, 4.69) is 5.32 Å². The number of amides is 3. The third-order valence-electron chi connectivity index (χ3n) is 4.73. The second-order valence-corrected chi connectivity index (χ2v) is 6.73. The molecule has 0 saturated carbocycles. The molecule has 3 atom stereocenters. The van der Waals surface area contributed by atoms with Crippen molar-refractivity contribution in [1.29, 1.82) is 0 Å². The zero-order chi connectivity index (χ0) is 18.1. The molecule has 1 aliphatic heterocycles. The topological polar surface area (TPSA) is 75.7 Å². The molecule has 132 valence electrons. The lowest BCUT2D eigenvalue weighted by Gasteiger charge is -2.22. The molecule has 1 aromatic rings. The Morgan fingerprint density at radius 1 is 1.24 bits per heavy atom. The molecule has 0 bridgehead atoms. The minimum atomic E-state index is -0.883. The summed E-state index contributed by atoms with van der Waals surface area (Å²) in [5.41, 5.74) is 0.568. The van der Waals surface area contributed by atoms with E-state index in [1.165, 1.54) is 0 Å². The molecule has 7 heteroatoms. The molecule has 0 aromatic heterocycles. The number of nitrogens with zero attached hydrogens (tertiary/aromatic N) is 1. The Morgan fingerprint density at radius 2 is 1.88 bits per heavy atom. The Kier molecular flexibility index (Phi) is 4.81. The molecule has 0 radical (unpaired) electrons. The monoisotopic (exact) mass is 362 g/mol. The molecule has 25 heavy (non-hydrogen) atoms. The van der Waals surface area contributed by atoms with Crippen molar-refractivity contribution in [2.24, 2.45) is 11.8 Å². The van der Waals surface area contributed by atoms with Gasteiger partial charge in [-0.2, -0.15) is 0 Å². The fourth-order valence-electron chi connectivity index (χ4n) is 3.27. The van der Waals surface area contributed by atoms with Crippen LogP contribution >= 0.6 is 11.6 Å². The van der Waals surface area contributed by atoms with Crippen molar-refractivity contribution in [3.05, 3.63) is 35.4 Å². The van der Waals surface area contributed by atoms with Crippen LogP contribution < -0.4 is 10.1 Å². The van der Waals surface area contributed by atoms with Crippen molar-refractivity contribution in [3.63, 3.8) is 0 Å². The van der Waals surface area contributed by atoms with E-state index < -0.39 is 23.8 Å². The lowest BCUT2D eigenvalue weighted by atomic mass is 9.85. The van der Waals surface area contributed by atoms with E-state index in [9.17, 15) is 14.4 Å². The van der Waals surface area contributed by atoms with Gasteiger partial charge >= 0.3 is 0 Å². The van der Waals surface area contributed by atoms with E-state index in [-0.39, 0.29) is 11.8 Å². The van der Waals surface area contributed by atoms with Gasteiger partial charge in [0, 0.05) is 10.7 Å². The number of allylic oxidation sites excluding steroid dienone is 2. The molecule has 1 heterocycles. The van der Waals surface area contributed by atoms with Gasteiger partial charge in [0.05, 0.1) is 18.9 Å². The molecule has 0 unspecified atom stereocenters. The first-order valence-corrected chi connectivity index (χ1v) is 8.46. The van der Waals surface area contributed by atoms with E-state index in [0.717, 1.165) is 4.90 Å². The number of halogens is 1. The van der Waals surface area contributed by atoms with Gasteiger partial charge in [-0.25, -0.2) is 0 Å². The van der Waals surface area contributed by atoms with Crippen molar-refractivity contribution < 1.29 is 19.1 Å². The number of likely N-dealkylation sites (tertiary alicyclic amines) is 1. The first-order chi connectivity index (χ1) is 11.9. The fraction of sp³-hybridized carbons (Fsp3) is 0.389. The van der Waals surface area contributed by atoms with Crippen molar-refractivity contribution >= 4 is 35.0 Å². The van der Waals surface area contributed by atoms with E-state index >= 15 is 0 Å². The third-order valence-corrected chi connectivity index (χ3v) is 5.04. The number of ether oxygens (including phenoxy) is 1. The molecule has 1 fully saturated rings. The number of nitrogens with one attached hydrogen (secondary N) is 1. The molecular formula is C18H19ClN2O4. The van der Waals surface area contributed by atoms with Gasteiger partial charge in [-0.05, 0) is 44.0 Å². The standard InChI is InChI=1S/C18H19ClN2O4/c1-10(16(22)20-12-4-6-13(25-2)7-5-12)21-17(23)14-8-3-11(19)9-15(14)18(21)24/h3-7,10,14-15H,8-9H2,1-2H3,(H,20,22)/t10-,14+,15-/m0/s1. The highest BCUT2D eigenvalue weighted by atomic mass is 35.5. The second kappa shape index (κ2) is 6.88. The highest BCUT2D eigenvalue weighted by Gasteiger charge is 2.51. The van der Waals surface area contributed by atoms with Crippen molar-refractivity contribution in [1.82, 2.24) is 4.90 Å². The molecule has 1 N–H and O–H groups in total. The number of fused-ring (bicyclic) bond motifs is 1. The highest BCUT2D eigenvalue weighted by Crippen LogP contribution is 2.39. The molecule has 0 spiro atoms. The van der Waals surface area contributed by atoms with E-state index in [4.69, 9.17) is 16.3 Å². The van der Waals surface area contributed by atoms with Gasteiger partial charge in [-0.3, -0.25) is 19.3 Å². The fourth-order valence-corrected chi connectivity index (χ4v) is 3.53. The Labute approximate surface area is 150 Å². The van der Waals surface area contributed by atoms with Gasteiger partial charge in [-0.15, -0.1) is 0 Å². The Hall–Kier alpha value is -2.34. The zero-order valence-electron chi connectivity index (χ0n) is 14.0. The number of imide groups is 1. The average molecular weight is 363 g/mol. The Bertz CT molecular complexity index is 744. The normalized spacial score (nSPS) is 23.8. The van der Waals surface area contributed by atoms with Crippen LogP contribution in [-0.4, -0.2) is 35.8 Å². The van der Waals surface area contributed by atoms with Crippen LogP contribution in [0.3, 0.4) is 0 Å². The van der Waals surface area contributed by atoms with Crippen molar-refractivity contribution in [3.8, 4) is 5.75 Å². The van der Waals surface area contributed by atoms with Crippen LogP contribution in [0.4, 0.5) is 5.69 Å². The zero-order valence-corrected chi connectivity index (χ0v) is 14.7. The molecule has 3 rings (SSSR count). The van der Waals surface area contributed by atoms with Crippen LogP contribution in [0.15, 0.2) is 35.4 Å². The van der Waals surface area contributed by atoms with Crippen LogP contribution in [0.25, 0.3) is 0 Å². The quantitative estimate of drug-likeness (QED) is 0.835. The summed E-state index contributed by atoms with van der Waals surface area (Å²) < 4.78 is 5.07. The number of anilines is 1. The molecule has 1 saturated heterocycles. The summed E-state index contributed by atoms with van der Waals surface area (Å²) in [5.74, 6) is -1.23. The van der Waals surface area contributed by atoms with Gasteiger partial charge in [0.25, 0.3) is 0 Å². The van der Waals surface area contributed by atoms with E-state index in [0.29, 0.717) is 29.3 Å². The maximum Gasteiger partial charge on any atom is 0.247 e. The first-order valence-electron chi connectivity index (χ1n) is 8.08. The maximum atomic E-state index is 12.6. The molecule has 2 aliphatic rings. The minimum absolute atomic E-state index is 0.298. The summed E-state index contributed by atoms with van der Waals surface area (Å²) in [6.45, 7) is 1.56. The van der Waals surface area contributed by atoms with Gasteiger partial charge in [-0.1, -0.05) is 17.7 Å². The van der Waals surface area contributed by atoms with Crippen LogP contribution in [0.5, 0.6) is 5.75 Å². The number of hydrogen-bond donors (Lipinski definition) is 1. The summed E-state index contributed by atoms with van der Waals surface area (Å²) in [4.78, 5) is 38.7. The van der Waals surface area contributed by atoms with Gasteiger partial charge < -0.3 is 10.1 Å². The third kappa shape index (κ3) is 3.26. The summed E-state index contributed by atoms with van der Waals surface area (Å²) in [5, 5.41) is 3.32. The number of methoxy groups -OCH3 is 1. The molecule has 3 amide bonds. The lowest BCUT2D eigenvalue weighted by Crippen LogP contribution is -2.46. The van der Waals surface area contributed by atoms with Gasteiger partial charge in [0.2, 0.25) is 17.7 Å². The predicted molar refractivity (Wildman–Crippen MR) is 93.1 cm³/mol. The van der Waals surface area contributed by atoms with Crippen molar-refractivity contribution in [2.75, 3.05) is 12.4 Å². The number of carbonyl (C=O) groups is 3. The van der Waals surface area contributed by atoms with E-state index in [1.54, 1.807) is 44.4 Å². The first kappa shape index (κ1) is 17.5. The maximum absolute atomic E-state index is 12.6. The highest BCUT2D eigenvalue weighted by molar-refractivity contribution is 6.30. The summed E-state index contributed by atoms with van der Waals surface area (Å²) in [6, 6.07) is 5.94. The average Bonchev–Trinajstić information content (AvgIpc) is 2.85. The van der Waals surface area contributed by atoms with Gasteiger partial charge in [0.15, 0.2) is 0 Å². The van der Waals surface area contributed by atoms with Crippen LogP contribution in [-0.2, 0) is 14.4 Å². The largest absolute Gasteiger partial charge is 0.497 e. The molecular weight excluding hydrogens is 344 g/mol. The number of rotatable bonds is 4. The lowest BCUT2D eigenvalue weighted by molar-refractivity contribution is -0.146. The smallest absolute Gasteiger partial charge is 0.247 e.